The number of hydrogen-bond acceptors (Lipinski definition) is 4. The van der Waals surface area contributed by atoms with Crippen LogP contribution in [-0.2, 0) is 27.2 Å². The Morgan fingerprint density at radius 2 is 1.00 bits per heavy atom. The summed E-state index contributed by atoms with van der Waals surface area (Å²) in [5.41, 5.74) is 0.879. The molecule has 4 aromatic carbocycles. The van der Waals surface area contributed by atoms with Crippen molar-refractivity contribution in [2.75, 3.05) is 0 Å². The first-order valence-corrected chi connectivity index (χ1v) is 18.9. The molecule has 3 amide bonds. The monoisotopic (exact) mass is 649 g/mol. The van der Waals surface area contributed by atoms with Crippen molar-refractivity contribution in [1.82, 2.24) is 16.0 Å². The summed E-state index contributed by atoms with van der Waals surface area (Å²) in [5.74, 6) is -0.731. The first-order valence-electron chi connectivity index (χ1n) is 16.3. The van der Waals surface area contributed by atoms with Crippen LogP contribution in [0.15, 0.2) is 121 Å². The lowest BCUT2D eigenvalue weighted by atomic mass is 10.0. The number of carbonyl (C=O) groups is 3. The molecule has 0 aliphatic rings. The zero-order valence-corrected chi connectivity index (χ0v) is 29.0. The van der Waals surface area contributed by atoms with Crippen LogP contribution in [0.1, 0.15) is 45.2 Å². The molecule has 4 aromatic rings. The Hall–Kier alpha value is -4.69. The van der Waals surface area contributed by atoms with Gasteiger partial charge in [-0.25, -0.2) is 4.79 Å². The van der Waals surface area contributed by atoms with Crippen LogP contribution in [0.2, 0.25) is 6.55 Å². The maximum Gasteiger partial charge on any atom is 0.408 e. The molecule has 0 saturated heterocycles. The molecule has 8 heteroatoms. The van der Waals surface area contributed by atoms with E-state index in [0.717, 1.165) is 11.1 Å². The van der Waals surface area contributed by atoms with Crippen LogP contribution >= 0.6 is 0 Å². The highest BCUT2D eigenvalue weighted by molar-refractivity contribution is 7.02. The number of rotatable bonds is 13. The molecule has 4 rings (SSSR count). The lowest BCUT2D eigenvalue weighted by Crippen LogP contribution is -2.70. The van der Waals surface area contributed by atoms with E-state index < -0.39 is 37.8 Å². The molecule has 0 unspecified atom stereocenters. The zero-order chi connectivity index (χ0) is 33.9. The number of ether oxygens (including phenoxy) is 1. The van der Waals surface area contributed by atoms with Crippen LogP contribution in [-0.4, -0.2) is 49.3 Å². The molecule has 0 aliphatic heterocycles. The van der Waals surface area contributed by atoms with Crippen LogP contribution in [0.3, 0.4) is 0 Å². The van der Waals surface area contributed by atoms with Crippen molar-refractivity contribution in [3.8, 4) is 0 Å². The van der Waals surface area contributed by atoms with Gasteiger partial charge in [0.1, 0.15) is 25.8 Å². The van der Waals surface area contributed by atoms with Gasteiger partial charge >= 0.3 is 6.09 Å². The molecule has 0 heterocycles. The number of amides is 3. The predicted molar refractivity (Wildman–Crippen MR) is 191 cm³/mol. The lowest BCUT2D eigenvalue weighted by molar-refractivity contribution is -0.130. The minimum absolute atomic E-state index is 0.157. The minimum atomic E-state index is -2.51. The van der Waals surface area contributed by atoms with Crippen LogP contribution < -0.4 is 26.3 Å². The topological polar surface area (TPSA) is 96.5 Å². The van der Waals surface area contributed by atoms with E-state index in [4.69, 9.17) is 4.74 Å². The van der Waals surface area contributed by atoms with Crippen LogP contribution in [0.4, 0.5) is 4.79 Å². The zero-order valence-electron chi connectivity index (χ0n) is 28.0. The molecule has 47 heavy (non-hydrogen) atoms. The molecule has 0 saturated carbocycles. The summed E-state index contributed by atoms with van der Waals surface area (Å²) in [6, 6.07) is 38.0. The number of alkyl carbamates (subject to hydrolysis) is 1. The Kier molecular flexibility index (Phi) is 12.1. The molecule has 0 aliphatic carbocycles. The Morgan fingerprint density at radius 3 is 1.40 bits per heavy atom. The highest BCUT2D eigenvalue weighted by Gasteiger charge is 2.41. The van der Waals surface area contributed by atoms with Crippen molar-refractivity contribution >= 4 is 36.4 Å². The fourth-order valence-electron chi connectivity index (χ4n) is 5.91. The van der Waals surface area contributed by atoms with E-state index in [1.54, 1.807) is 20.8 Å². The van der Waals surface area contributed by atoms with E-state index in [1.165, 1.54) is 10.4 Å². The predicted octanol–water partition coefficient (Wildman–Crippen LogP) is 5.18. The maximum absolute atomic E-state index is 14.3. The van der Waals surface area contributed by atoms with E-state index in [0.29, 0.717) is 6.42 Å². The molecule has 0 spiro atoms. The van der Waals surface area contributed by atoms with E-state index in [2.05, 4.69) is 53.7 Å². The van der Waals surface area contributed by atoms with Gasteiger partial charge in [0.2, 0.25) is 11.8 Å². The van der Waals surface area contributed by atoms with Crippen molar-refractivity contribution in [2.24, 2.45) is 0 Å². The summed E-state index contributed by atoms with van der Waals surface area (Å²) in [4.78, 5) is 41.2. The van der Waals surface area contributed by atoms with Gasteiger partial charge in [-0.15, -0.1) is 0 Å². The largest absolute Gasteiger partial charge is 0.444 e. The normalized spacial score (nSPS) is 13.5. The van der Waals surface area contributed by atoms with Gasteiger partial charge in [-0.3, -0.25) is 9.59 Å². The molecule has 0 fully saturated rings. The Bertz CT molecular complexity index is 1540. The van der Waals surface area contributed by atoms with Gasteiger partial charge in [0, 0.05) is 18.5 Å². The van der Waals surface area contributed by atoms with Crippen molar-refractivity contribution in [2.45, 2.75) is 76.9 Å². The molecule has 7 nitrogen and oxygen atoms in total. The minimum Gasteiger partial charge on any atom is -0.444 e. The maximum atomic E-state index is 14.3. The van der Waals surface area contributed by atoms with E-state index >= 15 is 0 Å². The number of benzene rings is 4. The summed E-state index contributed by atoms with van der Waals surface area (Å²) in [5, 5.41) is 11.6. The molecular formula is C39H47N3O4Si. The molecule has 0 radical (unpaired) electrons. The Labute approximate surface area is 280 Å². The van der Waals surface area contributed by atoms with Gasteiger partial charge in [-0.2, -0.15) is 0 Å². The van der Waals surface area contributed by atoms with E-state index in [-0.39, 0.29) is 24.4 Å². The highest BCUT2D eigenvalue weighted by atomic mass is 28.3. The standard InChI is InChI=1S/C39H47N3O4Si/c1-6-35(47(5,31-23-15-9-16-24-31)32-25-17-10-18-26-32)42-37(44)33(27-29-19-11-7-12-20-29)40-36(43)34(28-30-21-13-8-14-22-30)41-38(45)46-39(2,3)4/h7-26,33-35H,6,27-28H2,1-5H3,(H,40,43)(H,41,45)(H,42,44)/t33-,34-,35+/m0/s1. The smallest absolute Gasteiger partial charge is 0.408 e. The summed E-state index contributed by atoms with van der Waals surface area (Å²) < 4.78 is 5.49. The van der Waals surface area contributed by atoms with Gasteiger partial charge in [0.15, 0.2) is 0 Å². The Balaban J connectivity index is 1.64. The first-order chi connectivity index (χ1) is 22.5. The van der Waals surface area contributed by atoms with Gasteiger partial charge in [-0.1, -0.05) is 145 Å². The van der Waals surface area contributed by atoms with Crippen LogP contribution in [0.5, 0.6) is 0 Å². The quantitative estimate of drug-likeness (QED) is 0.174. The first kappa shape index (κ1) is 35.2. The molecule has 246 valence electrons. The third kappa shape index (κ3) is 9.90. The van der Waals surface area contributed by atoms with Gasteiger partial charge in [0.25, 0.3) is 0 Å². The average molecular weight is 650 g/mol. The number of hydrogen-bond donors (Lipinski definition) is 3. The second kappa shape index (κ2) is 16.2. The summed E-state index contributed by atoms with van der Waals surface area (Å²) in [6.45, 7) is 9.69. The fourth-order valence-corrected chi connectivity index (χ4v) is 10.1. The van der Waals surface area contributed by atoms with Crippen molar-refractivity contribution in [1.29, 1.82) is 0 Å². The van der Waals surface area contributed by atoms with Gasteiger partial charge in [-0.05, 0) is 38.3 Å². The van der Waals surface area contributed by atoms with Crippen LogP contribution in [0, 0.1) is 0 Å². The average Bonchev–Trinajstić information content (AvgIpc) is 3.07. The number of nitrogens with one attached hydrogen (secondary N) is 3. The summed E-state index contributed by atoms with van der Waals surface area (Å²) >= 11 is 0. The third-order valence-corrected chi connectivity index (χ3v) is 13.4. The molecule has 0 aromatic heterocycles. The molecular weight excluding hydrogens is 603 g/mol. The molecule has 3 atom stereocenters. The molecule has 0 bridgehead atoms. The van der Waals surface area contributed by atoms with Crippen molar-refractivity contribution < 1.29 is 19.1 Å². The highest BCUT2D eigenvalue weighted by Crippen LogP contribution is 2.16. The summed E-state index contributed by atoms with van der Waals surface area (Å²) in [7, 11) is -2.51. The second-order valence-corrected chi connectivity index (χ2v) is 17.3. The van der Waals surface area contributed by atoms with Crippen molar-refractivity contribution in [3.63, 3.8) is 0 Å². The summed E-state index contributed by atoms with van der Waals surface area (Å²) in [6.07, 6.45) is 0.530. The molecule has 3 N–H and O–H groups in total. The van der Waals surface area contributed by atoms with E-state index in [1.807, 2.05) is 97.1 Å². The second-order valence-electron chi connectivity index (χ2n) is 13.0. The third-order valence-electron chi connectivity index (χ3n) is 8.37. The lowest BCUT2D eigenvalue weighted by Gasteiger charge is -2.38. The Morgan fingerprint density at radius 1 is 0.617 bits per heavy atom. The number of carbonyl (C=O) groups excluding carboxylic acids is 3. The van der Waals surface area contributed by atoms with Crippen molar-refractivity contribution in [3.05, 3.63) is 132 Å². The SMILES string of the molecule is CC[C@H](NC(=O)[C@H](Cc1ccccc1)NC(=O)[C@H](Cc1ccccc1)NC(=O)OC(C)(C)C)[Si](C)(c1ccccc1)c1ccccc1. The van der Waals surface area contributed by atoms with Gasteiger partial charge in [0.05, 0.1) is 0 Å². The van der Waals surface area contributed by atoms with Gasteiger partial charge < -0.3 is 20.7 Å². The van der Waals surface area contributed by atoms with Crippen LogP contribution in [0.25, 0.3) is 0 Å². The van der Waals surface area contributed by atoms with E-state index in [9.17, 15) is 14.4 Å². The fraction of sp³-hybridized carbons (Fsp3) is 0.308.